The fourth-order valence-corrected chi connectivity index (χ4v) is 4.07. The standard InChI is InChI=1S/C24H24N6O2/c1-15-20(18-11-7-12-19(21(25)31)30(18)29-15)23-27-22(26-14-16-8-3-2-4-9-16)17-10-5-6-13-32-24(17)28-23/h2-4,7-9,11-12H,5-6,10,13-14H2,1H3,(H2,25,31)(H,26,27,28). The van der Waals surface area contributed by atoms with Crippen LogP contribution >= 0.6 is 0 Å². The number of amides is 1. The first-order valence-electron chi connectivity index (χ1n) is 10.7. The molecule has 0 saturated carbocycles. The Hall–Kier alpha value is -3.94. The van der Waals surface area contributed by atoms with E-state index in [9.17, 15) is 4.79 Å². The van der Waals surface area contributed by atoms with Gasteiger partial charge in [-0.05, 0) is 43.9 Å². The summed E-state index contributed by atoms with van der Waals surface area (Å²) in [6, 6.07) is 15.5. The number of anilines is 1. The lowest BCUT2D eigenvalue weighted by molar-refractivity contribution is 0.0993. The number of benzene rings is 1. The SMILES string of the molecule is Cc1nn2c(C(N)=O)cccc2c1-c1nc(NCc2ccccc2)c2c(n1)OCCCC2. The van der Waals surface area contributed by atoms with E-state index in [0.717, 1.165) is 47.3 Å². The van der Waals surface area contributed by atoms with Crippen molar-refractivity contribution in [2.45, 2.75) is 32.7 Å². The fourth-order valence-electron chi connectivity index (χ4n) is 4.07. The zero-order chi connectivity index (χ0) is 22.1. The quantitative estimate of drug-likeness (QED) is 0.504. The van der Waals surface area contributed by atoms with Gasteiger partial charge in [0.2, 0.25) is 5.88 Å². The van der Waals surface area contributed by atoms with Gasteiger partial charge in [-0.25, -0.2) is 9.50 Å². The molecule has 0 radical (unpaired) electrons. The molecule has 3 aromatic heterocycles. The predicted octanol–water partition coefficient (Wildman–Crippen LogP) is 3.53. The van der Waals surface area contributed by atoms with E-state index in [1.165, 1.54) is 0 Å². The molecule has 4 heterocycles. The third-order valence-corrected chi connectivity index (χ3v) is 5.64. The highest BCUT2D eigenvalue weighted by molar-refractivity contribution is 5.93. The van der Waals surface area contributed by atoms with Crippen LogP contribution in [0.25, 0.3) is 16.9 Å². The number of hydrogen-bond acceptors (Lipinski definition) is 6. The van der Waals surface area contributed by atoms with Gasteiger partial charge in [0.05, 0.1) is 28.9 Å². The maximum Gasteiger partial charge on any atom is 0.267 e. The molecular formula is C24H24N6O2. The lowest BCUT2D eigenvalue weighted by atomic mass is 10.1. The van der Waals surface area contributed by atoms with Crippen LogP contribution in [0.4, 0.5) is 5.82 Å². The molecular weight excluding hydrogens is 404 g/mol. The monoisotopic (exact) mass is 428 g/mol. The molecule has 1 aromatic carbocycles. The number of carbonyl (C=O) groups excluding carboxylic acids is 1. The summed E-state index contributed by atoms with van der Waals surface area (Å²) in [5.74, 6) is 1.34. The Morgan fingerprint density at radius 3 is 2.78 bits per heavy atom. The van der Waals surface area contributed by atoms with E-state index in [0.29, 0.717) is 36.2 Å². The second kappa shape index (κ2) is 8.30. The van der Waals surface area contributed by atoms with Crippen molar-refractivity contribution in [2.75, 3.05) is 11.9 Å². The van der Waals surface area contributed by atoms with Gasteiger partial charge in [0, 0.05) is 6.54 Å². The van der Waals surface area contributed by atoms with E-state index in [1.54, 1.807) is 16.6 Å². The van der Waals surface area contributed by atoms with E-state index in [1.807, 2.05) is 31.2 Å². The van der Waals surface area contributed by atoms with E-state index in [-0.39, 0.29) is 0 Å². The first-order valence-corrected chi connectivity index (χ1v) is 10.7. The number of nitrogens with one attached hydrogen (secondary N) is 1. The molecule has 0 saturated heterocycles. The minimum atomic E-state index is -0.541. The van der Waals surface area contributed by atoms with Gasteiger partial charge in [-0.1, -0.05) is 36.4 Å². The molecule has 0 spiro atoms. The van der Waals surface area contributed by atoms with Crippen molar-refractivity contribution in [3.05, 3.63) is 71.0 Å². The highest BCUT2D eigenvalue weighted by atomic mass is 16.5. The minimum Gasteiger partial charge on any atom is -0.477 e. The van der Waals surface area contributed by atoms with Gasteiger partial charge in [-0.3, -0.25) is 4.79 Å². The Labute approximate surface area is 185 Å². The van der Waals surface area contributed by atoms with E-state index >= 15 is 0 Å². The molecule has 0 fully saturated rings. The third kappa shape index (κ3) is 3.64. The average molecular weight is 428 g/mol. The van der Waals surface area contributed by atoms with Gasteiger partial charge >= 0.3 is 0 Å². The zero-order valence-corrected chi connectivity index (χ0v) is 17.8. The number of nitrogens with two attached hydrogens (primary N) is 1. The Morgan fingerprint density at radius 1 is 1.12 bits per heavy atom. The Kier molecular flexibility index (Phi) is 5.18. The van der Waals surface area contributed by atoms with Gasteiger partial charge in [-0.15, -0.1) is 0 Å². The number of ether oxygens (including phenoxy) is 1. The summed E-state index contributed by atoms with van der Waals surface area (Å²) in [6.45, 7) is 3.14. The van der Waals surface area contributed by atoms with Crippen molar-refractivity contribution in [3.8, 4) is 17.3 Å². The summed E-state index contributed by atoms with van der Waals surface area (Å²) < 4.78 is 7.56. The van der Waals surface area contributed by atoms with E-state index in [2.05, 4.69) is 22.5 Å². The van der Waals surface area contributed by atoms with Crippen LogP contribution < -0.4 is 15.8 Å². The van der Waals surface area contributed by atoms with Gasteiger partial charge in [0.25, 0.3) is 5.91 Å². The number of nitrogens with zero attached hydrogens (tertiary/aromatic N) is 4. The maximum atomic E-state index is 11.9. The largest absolute Gasteiger partial charge is 0.477 e. The smallest absolute Gasteiger partial charge is 0.267 e. The summed E-state index contributed by atoms with van der Waals surface area (Å²) in [6.07, 6.45) is 2.85. The summed E-state index contributed by atoms with van der Waals surface area (Å²) in [5.41, 5.74) is 10.2. The van der Waals surface area contributed by atoms with Crippen LogP contribution in [0.1, 0.15) is 40.2 Å². The predicted molar refractivity (Wildman–Crippen MR) is 122 cm³/mol. The molecule has 0 aliphatic carbocycles. The van der Waals surface area contributed by atoms with Crippen molar-refractivity contribution < 1.29 is 9.53 Å². The van der Waals surface area contributed by atoms with Gasteiger partial charge in [-0.2, -0.15) is 10.1 Å². The molecule has 1 amide bonds. The second-order valence-corrected chi connectivity index (χ2v) is 7.86. The van der Waals surface area contributed by atoms with Crippen molar-refractivity contribution in [1.82, 2.24) is 19.6 Å². The second-order valence-electron chi connectivity index (χ2n) is 7.86. The molecule has 0 atom stereocenters. The molecule has 162 valence electrons. The highest BCUT2D eigenvalue weighted by Gasteiger charge is 2.23. The molecule has 32 heavy (non-hydrogen) atoms. The number of hydrogen-bond donors (Lipinski definition) is 2. The zero-order valence-electron chi connectivity index (χ0n) is 17.8. The van der Waals surface area contributed by atoms with Crippen LogP contribution in [0.3, 0.4) is 0 Å². The van der Waals surface area contributed by atoms with Crippen LogP contribution in [-0.4, -0.2) is 32.1 Å². The topological polar surface area (TPSA) is 107 Å². The van der Waals surface area contributed by atoms with Crippen molar-refractivity contribution in [3.63, 3.8) is 0 Å². The molecule has 8 nitrogen and oxygen atoms in total. The summed E-state index contributed by atoms with van der Waals surface area (Å²) in [5, 5.41) is 8.02. The number of aryl methyl sites for hydroxylation is 1. The highest BCUT2D eigenvalue weighted by Crippen LogP contribution is 2.34. The van der Waals surface area contributed by atoms with Gasteiger partial charge in [0.15, 0.2) is 5.82 Å². The lowest BCUT2D eigenvalue weighted by Gasteiger charge is -2.15. The summed E-state index contributed by atoms with van der Waals surface area (Å²) in [4.78, 5) is 21.5. The van der Waals surface area contributed by atoms with E-state index < -0.39 is 5.91 Å². The van der Waals surface area contributed by atoms with Crippen molar-refractivity contribution >= 4 is 17.2 Å². The van der Waals surface area contributed by atoms with Crippen molar-refractivity contribution in [2.24, 2.45) is 5.73 Å². The minimum absolute atomic E-state index is 0.310. The third-order valence-electron chi connectivity index (χ3n) is 5.64. The average Bonchev–Trinajstić information content (AvgIpc) is 2.96. The number of rotatable bonds is 5. The maximum absolute atomic E-state index is 11.9. The van der Waals surface area contributed by atoms with E-state index in [4.69, 9.17) is 20.4 Å². The fraction of sp³-hybridized carbons (Fsp3) is 0.250. The van der Waals surface area contributed by atoms with Gasteiger partial charge < -0.3 is 15.8 Å². The van der Waals surface area contributed by atoms with Crippen LogP contribution in [0.15, 0.2) is 48.5 Å². The van der Waals surface area contributed by atoms with Gasteiger partial charge in [0.1, 0.15) is 11.5 Å². The number of fused-ring (bicyclic) bond motifs is 2. The first kappa shape index (κ1) is 20.0. The van der Waals surface area contributed by atoms with Crippen LogP contribution in [0.5, 0.6) is 5.88 Å². The number of aromatic nitrogens is 4. The number of carbonyl (C=O) groups is 1. The molecule has 8 heteroatoms. The Morgan fingerprint density at radius 2 is 1.97 bits per heavy atom. The molecule has 5 rings (SSSR count). The van der Waals surface area contributed by atoms with Crippen molar-refractivity contribution in [1.29, 1.82) is 0 Å². The summed E-state index contributed by atoms with van der Waals surface area (Å²) >= 11 is 0. The molecule has 1 aliphatic rings. The Bertz CT molecular complexity index is 1300. The molecule has 1 aliphatic heterocycles. The molecule has 0 bridgehead atoms. The van der Waals surface area contributed by atoms with Crippen LogP contribution in [0.2, 0.25) is 0 Å². The first-order chi connectivity index (χ1) is 15.6. The molecule has 0 unspecified atom stereocenters. The van der Waals surface area contributed by atoms with Crippen LogP contribution in [-0.2, 0) is 13.0 Å². The number of pyridine rings is 1. The summed E-state index contributed by atoms with van der Waals surface area (Å²) in [7, 11) is 0. The Balaban J connectivity index is 1.63. The van der Waals surface area contributed by atoms with Crippen LogP contribution in [0, 0.1) is 6.92 Å². The molecule has 4 aromatic rings. The lowest BCUT2D eigenvalue weighted by Crippen LogP contribution is -2.15. The molecule has 3 N–H and O–H groups in total. The number of primary amides is 1. The normalized spacial score (nSPS) is 13.3.